The summed E-state index contributed by atoms with van der Waals surface area (Å²) in [6.07, 6.45) is -3.58. The Hall–Kier alpha value is -1.83. The second-order valence-electron chi connectivity index (χ2n) is 3.73. The van der Waals surface area contributed by atoms with Gasteiger partial charge in [-0.05, 0) is 19.1 Å². The Labute approximate surface area is 107 Å². The number of pyridine rings is 1. The summed E-state index contributed by atoms with van der Waals surface area (Å²) in [4.78, 5) is 14.1. The van der Waals surface area contributed by atoms with Crippen molar-refractivity contribution in [3.63, 3.8) is 0 Å². The number of methoxy groups -OCH3 is 2. The van der Waals surface area contributed by atoms with Gasteiger partial charge in [-0.15, -0.1) is 0 Å². The summed E-state index contributed by atoms with van der Waals surface area (Å²) in [6.45, 7) is 1.58. The van der Waals surface area contributed by atoms with Crippen molar-refractivity contribution in [2.45, 2.75) is 18.8 Å². The quantitative estimate of drug-likeness (QED) is 0.666. The molecule has 1 heterocycles. The van der Waals surface area contributed by atoms with Crippen molar-refractivity contribution < 1.29 is 32.4 Å². The molecule has 1 aromatic rings. The average Bonchev–Trinajstić information content (AvgIpc) is 2.35. The molecule has 1 aromatic heterocycles. The molecule has 5 nitrogen and oxygen atoms in total. The number of aryl methyl sites for hydroxylation is 1. The Morgan fingerprint density at radius 3 is 2.42 bits per heavy atom. The van der Waals surface area contributed by atoms with Gasteiger partial charge in [-0.25, -0.2) is 15.1 Å². The molecule has 0 bridgehead atoms. The monoisotopic (exact) mass is 279 g/mol. The number of hydrogen-bond donors (Lipinski definition) is 1. The predicted molar refractivity (Wildman–Crippen MR) is 59.2 cm³/mol. The lowest BCUT2D eigenvalue weighted by Gasteiger charge is -2.28. The molecule has 0 saturated heterocycles. The zero-order valence-electron chi connectivity index (χ0n) is 10.6. The number of anilines is 1. The van der Waals surface area contributed by atoms with Crippen LogP contribution in [0.3, 0.4) is 0 Å². The van der Waals surface area contributed by atoms with Gasteiger partial charge in [-0.2, -0.15) is 13.2 Å². The molecule has 0 radical (unpaired) electrons. The minimum Gasteiger partial charge on any atom is -0.463 e. The molecule has 0 aliphatic carbocycles. The predicted octanol–water partition coefficient (Wildman–Crippen LogP) is 1.30. The number of hydrogen-bond acceptors (Lipinski definition) is 4. The van der Waals surface area contributed by atoms with Crippen LogP contribution in [0, 0.1) is 6.92 Å². The van der Waals surface area contributed by atoms with Crippen molar-refractivity contribution in [3.8, 4) is 0 Å². The van der Waals surface area contributed by atoms with Crippen LogP contribution in [0.15, 0.2) is 18.3 Å². The number of halogens is 3. The Morgan fingerprint density at radius 2 is 2.00 bits per heavy atom. The maximum Gasteiger partial charge on any atom is 0.471 e. The summed E-state index contributed by atoms with van der Waals surface area (Å²) < 4.78 is 48.0. The first-order valence-corrected chi connectivity index (χ1v) is 5.24. The number of aromatic amines is 1. The first-order valence-electron chi connectivity index (χ1n) is 5.24. The summed E-state index contributed by atoms with van der Waals surface area (Å²) in [5, 5.41) is 2.02. The van der Waals surface area contributed by atoms with E-state index < -0.39 is 17.9 Å². The molecule has 19 heavy (non-hydrogen) atoms. The smallest absolute Gasteiger partial charge is 0.463 e. The molecule has 1 rings (SSSR count). The van der Waals surface area contributed by atoms with Crippen molar-refractivity contribution in [1.82, 2.24) is 0 Å². The van der Waals surface area contributed by atoms with Crippen LogP contribution in [0.5, 0.6) is 0 Å². The number of alkyl halides is 3. The molecule has 0 spiro atoms. The maximum atomic E-state index is 13.1. The van der Waals surface area contributed by atoms with Crippen molar-refractivity contribution >= 4 is 11.8 Å². The molecular formula is C11H14F3N2O3+. The minimum atomic E-state index is -5.00. The highest BCUT2D eigenvalue weighted by molar-refractivity contribution is 5.83. The fourth-order valence-corrected chi connectivity index (χ4v) is 1.46. The van der Waals surface area contributed by atoms with Crippen LogP contribution < -0.4 is 10.3 Å². The summed E-state index contributed by atoms with van der Waals surface area (Å²) >= 11 is 0. The van der Waals surface area contributed by atoms with Gasteiger partial charge in [0.2, 0.25) is 0 Å². The van der Waals surface area contributed by atoms with Crippen LogP contribution in [0.2, 0.25) is 0 Å². The van der Waals surface area contributed by atoms with E-state index in [2.05, 4.69) is 14.5 Å². The molecule has 0 aromatic carbocycles. The number of carbonyl (C=O) groups is 1. The molecule has 106 valence electrons. The lowest BCUT2D eigenvalue weighted by atomic mass is 10.2. The Balaban J connectivity index is 3.26. The van der Waals surface area contributed by atoms with Gasteiger partial charge < -0.3 is 9.47 Å². The van der Waals surface area contributed by atoms with Gasteiger partial charge in [0, 0.05) is 12.7 Å². The topological polar surface area (TPSA) is 61.7 Å². The van der Waals surface area contributed by atoms with Crippen LogP contribution in [-0.2, 0) is 14.3 Å². The molecule has 1 atom stereocenters. The van der Waals surface area contributed by atoms with Gasteiger partial charge in [0.25, 0.3) is 5.82 Å². The molecule has 0 aliphatic heterocycles. The van der Waals surface area contributed by atoms with Gasteiger partial charge in [-0.1, -0.05) is 0 Å². The number of H-pyrrole nitrogens is 1. The molecule has 0 amide bonds. The zero-order valence-corrected chi connectivity index (χ0v) is 10.6. The van der Waals surface area contributed by atoms with Gasteiger partial charge in [-0.3, -0.25) is 0 Å². The van der Waals surface area contributed by atoms with E-state index >= 15 is 0 Å². The van der Waals surface area contributed by atoms with Crippen LogP contribution in [0.25, 0.3) is 0 Å². The van der Waals surface area contributed by atoms with Crippen molar-refractivity contribution in [1.29, 1.82) is 0 Å². The molecule has 2 N–H and O–H groups in total. The van der Waals surface area contributed by atoms with E-state index in [1.165, 1.54) is 6.20 Å². The second kappa shape index (κ2) is 5.43. The lowest BCUT2D eigenvalue weighted by molar-refractivity contribution is -0.365. The number of ether oxygens (including phenoxy) is 2. The number of esters is 1. The Kier molecular flexibility index (Phi) is 4.35. The van der Waals surface area contributed by atoms with Gasteiger partial charge >= 0.3 is 17.9 Å². The zero-order chi connectivity index (χ0) is 14.7. The summed E-state index contributed by atoms with van der Waals surface area (Å²) in [5.74, 6) is -1.58. The van der Waals surface area contributed by atoms with E-state index in [1.54, 1.807) is 19.1 Å². The second-order valence-corrected chi connectivity index (χ2v) is 3.73. The van der Waals surface area contributed by atoms with Crippen LogP contribution in [0.4, 0.5) is 19.0 Å². The van der Waals surface area contributed by atoms with Crippen molar-refractivity contribution in [3.05, 3.63) is 23.9 Å². The van der Waals surface area contributed by atoms with Gasteiger partial charge in [0.15, 0.2) is 0 Å². The van der Waals surface area contributed by atoms with E-state index in [9.17, 15) is 18.0 Å². The summed E-state index contributed by atoms with van der Waals surface area (Å²) in [5.41, 5.74) is -2.78. The normalized spacial score (nSPS) is 14.6. The van der Waals surface area contributed by atoms with Gasteiger partial charge in [0.1, 0.15) is 0 Å². The lowest BCUT2D eigenvalue weighted by Crippen LogP contribution is -2.60. The highest BCUT2D eigenvalue weighted by Crippen LogP contribution is 2.35. The average molecular weight is 279 g/mol. The first-order chi connectivity index (χ1) is 8.78. The van der Waals surface area contributed by atoms with E-state index in [0.29, 0.717) is 5.56 Å². The Morgan fingerprint density at radius 1 is 1.37 bits per heavy atom. The largest absolute Gasteiger partial charge is 0.471 e. The highest BCUT2D eigenvalue weighted by atomic mass is 19.4. The van der Waals surface area contributed by atoms with Gasteiger partial charge in [0.05, 0.1) is 13.3 Å². The number of rotatable bonds is 4. The SMILES string of the molecule is COC(=O)[C@](Nc1[nH+]cccc1C)(OC)C(F)(F)F. The Bertz CT molecular complexity index is 465. The third-order valence-corrected chi connectivity index (χ3v) is 2.54. The molecular weight excluding hydrogens is 265 g/mol. The molecule has 0 saturated carbocycles. The summed E-state index contributed by atoms with van der Waals surface area (Å²) in [7, 11) is 1.63. The van der Waals surface area contributed by atoms with Crippen LogP contribution in [-0.4, -0.2) is 32.1 Å². The molecule has 0 unspecified atom stereocenters. The third-order valence-electron chi connectivity index (χ3n) is 2.54. The highest BCUT2D eigenvalue weighted by Gasteiger charge is 2.67. The minimum absolute atomic E-state index is 0.00655. The number of carbonyl (C=O) groups excluding carboxylic acids is 1. The standard InChI is InChI=1S/C11H13F3N2O3/c1-7-5-4-6-15-8(7)16-10(19-3,9(17)18-2)11(12,13)14/h4-6H,1-3H3,(H,15,16)/p+1/t10-/m0/s1. The van der Waals surface area contributed by atoms with E-state index in [1.807, 2.05) is 5.32 Å². The number of nitrogens with one attached hydrogen (secondary N) is 2. The van der Waals surface area contributed by atoms with E-state index in [-0.39, 0.29) is 5.82 Å². The molecule has 8 heteroatoms. The van der Waals surface area contributed by atoms with E-state index in [4.69, 9.17) is 0 Å². The van der Waals surface area contributed by atoms with Crippen molar-refractivity contribution in [2.75, 3.05) is 19.5 Å². The fourth-order valence-electron chi connectivity index (χ4n) is 1.46. The fraction of sp³-hybridized carbons (Fsp3) is 0.455. The maximum absolute atomic E-state index is 13.1. The number of aromatic nitrogens is 1. The summed E-state index contributed by atoms with van der Waals surface area (Å²) in [6, 6.07) is 3.19. The first kappa shape index (κ1) is 15.2. The van der Waals surface area contributed by atoms with E-state index in [0.717, 1.165) is 14.2 Å². The van der Waals surface area contributed by atoms with Crippen molar-refractivity contribution in [2.24, 2.45) is 0 Å². The van der Waals surface area contributed by atoms with Crippen LogP contribution >= 0.6 is 0 Å². The third kappa shape index (κ3) is 2.78. The molecule has 0 aliphatic rings. The van der Waals surface area contributed by atoms with Crippen LogP contribution in [0.1, 0.15) is 5.56 Å². The molecule has 0 fully saturated rings.